The molecule has 586 valence electrons. The van der Waals surface area contributed by atoms with Gasteiger partial charge in [-0.3, -0.25) is 62.5 Å². The van der Waals surface area contributed by atoms with Crippen LogP contribution in [-0.2, 0) is 81.6 Å². The van der Waals surface area contributed by atoms with E-state index < -0.39 is 169 Å². The van der Waals surface area contributed by atoms with E-state index in [0.29, 0.717) is 66.1 Å². The molecule has 5 aromatic rings. The molecule has 3 aromatic carbocycles. The highest BCUT2D eigenvalue weighted by Crippen LogP contribution is 2.26. The summed E-state index contributed by atoms with van der Waals surface area (Å²) >= 11 is 0. The van der Waals surface area contributed by atoms with Crippen molar-refractivity contribution in [3.05, 3.63) is 108 Å². The van der Waals surface area contributed by atoms with E-state index in [0.717, 1.165) is 10.9 Å². The highest BCUT2D eigenvalue weighted by Gasteiger charge is 2.43. The van der Waals surface area contributed by atoms with Gasteiger partial charge in [0, 0.05) is 85.9 Å². The van der Waals surface area contributed by atoms with Crippen molar-refractivity contribution in [3.63, 3.8) is 0 Å². The van der Waals surface area contributed by atoms with Crippen molar-refractivity contribution in [3.8, 4) is 0 Å². The molecule has 2 aromatic heterocycles. The summed E-state index contributed by atoms with van der Waals surface area (Å²) in [6.07, 6.45) is 3.86. The topological polar surface area (TPSA) is 545 Å². The number of nitrogens with zero attached hydrogens (tertiary/aromatic N) is 3. The van der Waals surface area contributed by atoms with Gasteiger partial charge in [-0.2, -0.15) is 0 Å². The number of nitrogens with two attached hydrogens (primary N) is 6. The van der Waals surface area contributed by atoms with Crippen LogP contribution in [0.15, 0.2) is 96.2 Å². The molecule has 0 saturated carbocycles. The largest absolute Gasteiger partial charge is 0.480 e. The molecule has 2 saturated heterocycles. The number of benzene rings is 3. The third-order valence-corrected chi connectivity index (χ3v) is 19.2. The van der Waals surface area contributed by atoms with E-state index in [-0.39, 0.29) is 95.3 Å². The predicted molar refractivity (Wildman–Crippen MR) is 403 cm³/mol. The van der Waals surface area contributed by atoms with Gasteiger partial charge in [0.1, 0.15) is 60.4 Å². The van der Waals surface area contributed by atoms with E-state index >= 15 is 14.4 Å². The first-order valence-electron chi connectivity index (χ1n) is 37.0. The number of aliphatic carboxylic acids is 1. The van der Waals surface area contributed by atoms with Crippen molar-refractivity contribution in [1.29, 1.82) is 0 Å². The summed E-state index contributed by atoms with van der Waals surface area (Å²) in [6.45, 7) is 8.08. The van der Waals surface area contributed by atoms with Crippen molar-refractivity contribution in [2.45, 2.75) is 210 Å². The van der Waals surface area contributed by atoms with Crippen LogP contribution in [0.4, 0.5) is 0 Å². The molecule has 0 spiro atoms. The molecule has 7 rings (SSSR count). The zero-order valence-electron chi connectivity index (χ0n) is 61.8. The lowest BCUT2D eigenvalue weighted by Gasteiger charge is -2.32. The van der Waals surface area contributed by atoms with Crippen LogP contribution in [0.2, 0.25) is 0 Å². The molecule has 0 aliphatic carbocycles. The van der Waals surface area contributed by atoms with Gasteiger partial charge in [-0.1, -0.05) is 94.4 Å². The Morgan fingerprint density at radius 3 is 1.38 bits per heavy atom. The second-order valence-corrected chi connectivity index (χ2v) is 28.6. The first kappa shape index (κ1) is 84.3. The molecule has 2 aliphatic heterocycles. The van der Waals surface area contributed by atoms with E-state index in [1.54, 1.807) is 86.9 Å². The number of unbranched alkanes of at least 4 members (excludes halogenated alkanes) is 1. The molecular weight excluding hydrogens is 1390 g/mol. The number of guanidine groups is 1. The smallest absolute Gasteiger partial charge is 0.326 e. The van der Waals surface area contributed by atoms with Gasteiger partial charge in [0.2, 0.25) is 70.9 Å². The summed E-state index contributed by atoms with van der Waals surface area (Å²) < 4.78 is 0. The van der Waals surface area contributed by atoms with Crippen molar-refractivity contribution in [2.75, 3.05) is 26.2 Å². The van der Waals surface area contributed by atoms with Crippen LogP contribution in [-0.4, -0.2) is 200 Å². The molecule has 33 nitrogen and oxygen atoms in total. The van der Waals surface area contributed by atoms with Crippen molar-refractivity contribution in [2.24, 2.45) is 51.2 Å². The normalized spacial score (nSPS) is 16.7. The summed E-state index contributed by atoms with van der Waals surface area (Å²) in [7, 11) is 0. The van der Waals surface area contributed by atoms with E-state index in [9.17, 15) is 53.1 Å². The fourth-order valence-corrected chi connectivity index (χ4v) is 13.6. The number of aromatic amines is 2. The molecule has 23 N–H and O–H groups in total. The number of aromatic nitrogens is 2. The number of carboxylic acids is 1. The molecule has 2 unspecified atom stereocenters. The number of aliphatic imine (C=N–C) groups is 1. The van der Waals surface area contributed by atoms with Crippen LogP contribution in [0, 0.1) is 11.8 Å². The monoisotopic (exact) mass is 1500 g/mol. The summed E-state index contributed by atoms with van der Waals surface area (Å²) in [4.78, 5) is 197. The second-order valence-electron chi connectivity index (χ2n) is 28.6. The third-order valence-electron chi connectivity index (χ3n) is 19.2. The number of amides is 12. The SMILES string of the molecule is CC(C)CC(NC(=O)[C@H](CC(C)C)NC(=O)C(Cc1c[nH]c2ccccc12)NC(=O)[C@H](Cc1ccccc1)NC(=O)[C@@H](Cc1c[nH]c2ccccc12)NC(=O)[C@H](CCC(N)=O)NC(=O)[C@H](CCC(N)=O)NC(=O)[C@@H]1CCCN1C(=O)[C@H](CCCCN)NC(=O)[C@H]1CCCN1C(=O)[C@H](N)CCCN=C(N)N)C(=O)O. The maximum absolute atomic E-state index is 15.4. The number of rotatable bonds is 43. The average Bonchev–Trinajstić information content (AvgIpc) is 1.62. The van der Waals surface area contributed by atoms with Crippen LogP contribution in [0.25, 0.3) is 21.8 Å². The van der Waals surface area contributed by atoms with Gasteiger partial charge < -0.3 is 102 Å². The number of likely N-dealkylation sites (tertiary alicyclic amines) is 2. The third kappa shape index (κ3) is 25.1. The molecule has 0 radical (unpaired) electrons. The minimum Gasteiger partial charge on any atom is -0.480 e. The van der Waals surface area contributed by atoms with Gasteiger partial charge in [-0.05, 0) is 131 Å². The van der Waals surface area contributed by atoms with Gasteiger partial charge in [-0.15, -0.1) is 0 Å². The lowest BCUT2D eigenvalue weighted by atomic mass is 9.98. The highest BCUT2D eigenvalue weighted by atomic mass is 16.4. The van der Waals surface area contributed by atoms with Crippen LogP contribution in [0.3, 0.4) is 0 Å². The number of nitrogens with one attached hydrogen (secondary N) is 10. The number of fused-ring (bicyclic) bond motifs is 2. The Bertz CT molecular complexity index is 3990. The molecule has 11 atom stereocenters. The highest BCUT2D eigenvalue weighted by molar-refractivity contribution is 6.00. The Labute approximate surface area is 626 Å². The second kappa shape index (κ2) is 41.2. The van der Waals surface area contributed by atoms with Gasteiger partial charge in [0.05, 0.1) is 6.04 Å². The van der Waals surface area contributed by atoms with Crippen LogP contribution >= 0.6 is 0 Å². The number of hydrogen-bond donors (Lipinski definition) is 17. The molecule has 108 heavy (non-hydrogen) atoms. The first-order valence-corrected chi connectivity index (χ1v) is 37.0. The number of hydrogen-bond acceptors (Lipinski definition) is 16. The summed E-state index contributed by atoms with van der Waals surface area (Å²) in [6, 6.07) is 8.22. The number of para-hydroxylation sites is 2. The van der Waals surface area contributed by atoms with Crippen molar-refractivity contribution < 1.29 is 67.4 Å². The fourth-order valence-electron chi connectivity index (χ4n) is 13.6. The van der Waals surface area contributed by atoms with Gasteiger partial charge in [0.15, 0.2) is 5.96 Å². The summed E-state index contributed by atoms with van der Waals surface area (Å²) in [5.41, 5.74) is 37.3. The van der Waals surface area contributed by atoms with Crippen molar-refractivity contribution >= 4 is 105 Å². The molecule has 0 bridgehead atoms. The standard InChI is InChI=1S/C75H107N19O14/c1-42(2)35-55(66(99)92-59(74(107)108)36-43(3)4)88-68(101)58(39-46-41-84-51-23-11-9-20-48(46)51)91-67(100)56(37-44-17-6-5-7-18-44)89-69(102)57(38-45-40-83-50-22-10-8-19-47(45)50)90-65(98)52(27-29-62(78)95)85-64(97)53(28-30-63(79)96)86-70(103)61-26-16-34-94(61)73(106)54(24-12-13-31-76)87-71(104)60-25-15-33-93(60)72(105)49(77)21-14-32-82-75(80)81/h5-11,17-20,22-23,40-43,49,52-61,83-84H,12-16,21,24-39,76-77H2,1-4H3,(H2,78,95)(H2,79,96)(H,85,97)(H,86,103)(H,87,104)(H,88,101)(H,89,102)(H,90,98)(H,91,100)(H,92,99)(H,107,108)(H4,80,81,82)/t49-,52+,53+,54+,55+,56+,57-,58?,59?,60-,61+/m1/s1. The summed E-state index contributed by atoms with van der Waals surface area (Å²) in [5, 5.41) is 33.3. The van der Waals surface area contributed by atoms with Gasteiger partial charge >= 0.3 is 5.97 Å². The molecule has 33 heteroatoms. The van der Waals surface area contributed by atoms with Crippen molar-refractivity contribution in [1.82, 2.24) is 62.3 Å². The predicted octanol–water partition coefficient (Wildman–Crippen LogP) is -0.245. The number of primary amides is 2. The van der Waals surface area contributed by atoms with E-state index in [4.69, 9.17) is 34.4 Å². The molecule has 4 heterocycles. The molecule has 2 fully saturated rings. The molecular formula is C75H107N19O14. The average molecular weight is 1500 g/mol. The number of carbonyl (C=O) groups excluding carboxylic acids is 12. The Kier molecular flexibility index (Phi) is 32.2. The van der Waals surface area contributed by atoms with Gasteiger partial charge in [-0.25, -0.2) is 4.79 Å². The Hall–Kier alpha value is -11.0. The zero-order valence-corrected chi connectivity index (χ0v) is 61.8. The van der Waals surface area contributed by atoms with Crippen LogP contribution in [0.5, 0.6) is 0 Å². The first-order chi connectivity index (χ1) is 51.5. The van der Waals surface area contributed by atoms with E-state index in [1.165, 1.54) is 9.80 Å². The number of carbonyl (C=O) groups is 13. The Morgan fingerprint density at radius 2 is 0.898 bits per heavy atom. The number of carboxylic acid groups (broad SMARTS) is 1. The number of H-pyrrole nitrogens is 2. The van der Waals surface area contributed by atoms with E-state index in [1.807, 2.05) is 32.0 Å². The Balaban J connectivity index is 1.15. The lowest BCUT2D eigenvalue weighted by molar-refractivity contribution is -0.144. The minimum absolute atomic E-state index is 0.0586. The lowest BCUT2D eigenvalue weighted by Crippen LogP contribution is -2.61. The molecule has 12 amide bonds. The van der Waals surface area contributed by atoms with Gasteiger partial charge in [0.25, 0.3) is 0 Å². The molecule has 2 aliphatic rings. The maximum Gasteiger partial charge on any atom is 0.326 e. The summed E-state index contributed by atoms with van der Waals surface area (Å²) in [5.74, 6) is -11.4. The van der Waals surface area contributed by atoms with Crippen LogP contribution in [0.1, 0.15) is 141 Å². The zero-order chi connectivity index (χ0) is 78.7. The van der Waals surface area contributed by atoms with E-state index in [2.05, 4.69) is 57.5 Å². The maximum atomic E-state index is 15.4. The fraction of sp³-hybridized carbons (Fsp3) is 0.520. The minimum atomic E-state index is -1.70. The Morgan fingerprint density at radius 1 is 0.481 bits per heavy atom. The van der Waals surface area contributed by atoms with Crippen LogP contribution < -0.4 is 76.9 Å². The quantitative estimate of drug-likeness (QED) is 0.0136.